The van der Waals surface area contributed by atoms with Crippen molar-refractivity contribution in [1.82, 2.24) is 9.55 Å². The zero-order valence-electron chi connectivity index (χ0n) is 16.9. The number of fused-ring (bicyclic) bond motifs is 3. The molecular formula is C22H24N2O3S2. The Hall–Kier alpha value is -2.12. The van der Waals surface area contributed by atoms with E-state index in [1.807, 2.05) is 19.1 Å². The van der Waals surface area contributed by atoms with Crippen molar-refractivity contribution in [3.8, 4) is 0 Å². The summed E-state index contributed by atoms with van der Waals surface area (Å²) in [4.78, 5) is 31.9. The maximum atomic E-state index is 13.2. The van der Waals surface area contributed by atoms with Gasteiger partial charge in [-0.3, -0.25) is 9.36 Å². The number of thiophene rings is 1. The molecule has 0 radical (unpaired) electrons. The van der Waals surface area contributed by atoms with Crippen LogP contribution < -0.4 is 5.56 Å². The summed E-state index contributed by atoms with van der Waals surface area (Å²) in [7, 11) is 1.38. The molecule has 1 unspecified atom stereocenters. The van der Waals surface area contributed by atoms with Crippen LogP contribution in [0.25, 0.3) is 10.2 Å². The van der Waals surface area contributed by atoms with Gasteiger partial charge in [0.1, 0.15) is 4.83 Å². The minimum absolute atomic E-state index is 0.0908. The number of hydrogen-bond donors (Lipinski definition) is 0. The van der Waals surface area contributed by atoms with Crippen LogP contribution in [-0.2, 0) is 29.9 Å². The molecule has 0 aliphatic heterocycles. The lowest BCUT2D eigenvalue weighted by atomic mass is 9.89. The van der Waals surface area contributed by atoms with E-state index in [2.05, 4.69) is 6.92 Å². The molecule has 3 aromatic rings. The van der Waals surface area contributed by atoms with E-state index in [1.54, 1.807) is 39.8 Å². The van der Waals surface area contributed by atoms with Crippen molar-refractivity contribution in [2.75, 3.05) is 7.11 Å². The molecule has 2 aromatic heterocycles. The van der Waals surface area contributed by atoms with Crippen LogP contribution in [0, 0.1) is 5.92 Å². The first kappa shape index (κ1) is 20.2. The summed E-state index contributed by atoms with van der Waals surface area (Å²) in [5.74, 6) is 1.01. The molecule has 1 atom stereocenters. The molecule has 1 aliphatic carbocycles. The minimum Gasteiger partial charge on any atom is -0.465 e. The molecule has 0 saturated heterocycles. The number of ether oxygens (including phenoxy) is 1. The van der Waals surface area contributed by atoms with Gasteiger partial charge in [0.25, 0.3) is 5.56 Å². The van der Waals surface area contributed by atoms with Gasteiger partial charge in [0, 0.05) is 17.2 Å². The summed E-state index contributed by atoms with van der Waals surface area (Å²) < 4.78 is 6.53. The molecule has 0 amide bonds. The van der Waals surface area contributed by atoms with Crippen molar-refractivity contribution in [1.29, 1.82) is 0 Å². The third-order valence-corrected chi connectivity index (χ3v) is 7.64. The van der Waals surface area contributed by atoms with Crippen LogP contribution >= 0.6 is 23.1 Å². The fraction of sp³-hybridized carbons (Fsp3) is 0.409. The number of hydrogen-bond acceptors (Lipinski definition) is 6. The average molecular weight is 429 g/mol. The SMILES string of the molecule is CCn1c(SCc2ccc(C(=O)OC)cc2)nc2sc3c(c2c1=O)CCC(C)C3. The third-order valence-electron chi connectivity index (χ3n) is 5.44. The highest BCUT2D eigenvalue weighted by molar-refractivity contribution is 7.98. The van der Waals surface area contributed by atoms with E-state index in [9.17, 15) is 9.59 Å². The van der Waals surface area contributed by atoms with Crippen LogP contribution in [0.15, 0.2) is 34.2 Å². The fourth-order valence-electron chi connectivity index (χ4n) is 3.80. The lowest BCUT2D eigenvalue weighted by Gasteiger charge is -2.17. The molecule has 4 rings (SSSR count). The number of thioether (sulfide) groups is 1. The van der Waals surface area contributed by atoms with Crippen LogP contribution in [0.5, 0.6) is 0 Å². The standard InChI is InChI=1S/C22H24N2O3S2/c1-4-24-20(25)18-16-10-5-13(2)11-17(16)29-19(18)23-22(24)28-12-14-6-8-15(9-7-14)21(26)27-3/h6-9,13H,4-5,10-12H2,1-3H3. The minimum atomic E-state index is -0.341. The molecule has 152 valence electrons. The Morgan fingerprint density at radius 2 is 2.10 bits per heavy atom. The van der Waals surface area contributed by atoms with E-state index in [4.69, 9.17) is 9.72 Å². The number of aromatic nitrogens is 2. The van der Waals surface area contributed by atoms with Crippen molar-refractivity contribution < 1.29 is 9.53 Å². The predicted molar refractivity (Wildman–Crippen MR) is 118 cm³/mol. The Morgan fingerprint density at radius 1 is 1.34 bits per heavy atom. The largest absolute Gasteiger partial charge is 0.465 e. The lowest BCUT2D eigenvalue weighted by Crippen LogP contribution is -2.23. The van der Waals surface area contributed by atoms with E-state index in [-0.39, 0.29) is 11.5 Å². The zero-order chi connectivity index (χ0) is 20.5. The number of methoxy groups -OCH3 is 1. The van der Waals surface area contributed by atoms with Crippen molar-refractivity contribution in [3.63, 3.8) is 0 Å². The van der Waals surface area contributed by atoms with Crippen LogP contribution in [0.3, 0.4) is 0 Å². The highest BCUT2D eigenvalue weighted by atomic mass is 32.2. The second-order valence-electron chi connectivity index (χ2n) is 7.45. The first-order valence-corrected chi connectivity index (χ1v) is 11.7. The molecular weight excluding hydrogens is 404 g/mol. The lowest BCUT2D eigenvalue weighted by molar-refractivity contribution is 0.0600. The highest BCUT2D eigenvalue weighted by Crippen LogP contribution is 2.36. The van der Waals surface area contributed by atoms with Crippen LogP contribution in [0.1, 0.15) is 46.6 Å². The van der Waals surface area contributed by atoms with Gasteiger partial charge in [-0.2, -0.15) is 0 Å². The number of carbonyl (C=O) groups is 1. The first-order valence-electron chi connectivity index (χ1n) is 9.87. The molecule has 7 heteroatoms. The van der Waals surface area contributed by atoms with Gasteiger partial charge in [-0.05, 0) is 55.4 Å². The van der Waals surface area contributed by atoms with E-state index < -0.39 is 0 Å². The Balaban J connectivity index is 1.63. The molecule has 0 spiro atoms. The van der Waals surface area contributed by atoms with Crippen molar-refractivity contribution in [2.45, 2.75) is 50.6 Å². The second-order valence-corrected chi connectivity index (χ2v) is 9.48. The van der Waals surface area contributed by atoms with Gasteiger partial charge in [0.15, 0.2) is 5.16 Å². The molecule has 0 saturated carbocycles. The topological polar surface area (TPSA) is 61.2 Å². The van der Waals surface area contributed by atoms with Crippen molar-refractivity contribution >= 4 is 39.3 Å². The molecule has 0 bridgehead atoms. The molecule has 2 heterocycles. The monoisotopic (exact) mass is 428 g/mol. The van der Waals surface area contributed by atoms with Crippen LogP contribution in [0.4, 0.5) is 0 Å². The zero-order valence-corrected chi connectivity index (χ0v) is 18.5. The normalized spacial score (nSPS) is 16.0. The number of aryl methyl sites for hydroxylation is 1. The van der Waals surface area contributed by atoms with E-state index in [0.29, 0.717) is 23.8 Å². The number of rotatable bonds is 5. The molecule has 29 heavy (non-hydrogen) atoms. The van der Waals surface area contributed by atoms with Gasteiger partial charge < -0.3 is 4.74 Å². The molecule has 0 N–H and O–H groups in total. The first-order chi connectivity index (χ1) is 14.0. The Labute approximate surface area is 178 Å². The molecule has 1 aromatic carbocycles. The van der Waals surface area contributed by atoms with E-state index in [1.165, 1.54) is 17.6 Å². The Kier molecular flexibility index (Phi) is 5.79. The predicted octanol–water partition coefficient (Wildman–Crippen LogP) is 4.68. The van der Waals surface area contributed by atoms with Gasteiger partial charge in [0.05, 0.1) is 18.1 Å². The number of carbonyl (C=O) groups excluding carboxylic acids is 1. The summed E-state index contributed by atoms with van der Waals surface area (Å²) in [6.45, 7) is 4.87. The Morgan fingerprint density at radius 3 is 2.79 bits per heavy atom. The van der Waals surface area contributed by atoms with Gasteiger partial charge in [-0.15, -0.1) is 11.3 Å². The maximum Gasteiger partial charge on any atom is 0.337 e. The number of nitrogens with zero attached hydrogens (tertiary/aromatic N) is 2. The fourth-order valence-corrected chi connectivity index (χ4v) is 6.24. The smallest absolute Gasteiger partial charge is 0.337 e. The summed E-state index contributed by atoms with van der Waals surface area (Å²) in [5, 5.41) is 1.60. The van der Waals surface area contributed by atoms with Crippen LogP contribution in [-0.4, -0.2) is 22.6 Å². The van der Waals surface area contributed by atoms with Crippen molar-refractivity contribution in [2.24, 2.45) is 5.92 Å². The molecule has 0 fully saturated rings. The van der Waals surface area contributed by atoms with Gasteiger partial charge in [-0.25, -0.2) is 9.78 Å². The van der Waals surface area contributed by atoms with Gasteiger partial charge >= 0.3 is 5.97 Å². The summed E-state index contributed by atoms with van der Waals surface area (Å²) in [6.07, 6.45) is 3.18. The van der Waals surface area contributed by atoms with E-state index >= 15 is 0 Å². The maximum absolute atomic E-state index is 13.2. The third kappa shape index (κ3) is 3.85. The van der Waals surface area contributed by atoms with Crippen LogP contribution in [0.2, 0.25) is 0 Å². The van der Waals surface area contributed by atoms with Crippen molar-refractivity contribution in [3.05, 3.63) is 56.2 Å². The second kappa shape index (κ2) is 8.32. The summed E-state index contributed by atoms with van der Waals surface area (Å²) >= 11 is 3.25. The van der Waals surface area contributed by atoms with E-state index in [0.717, 1.165) is 40.2 Å². The Bertz CT molecular complexity index is 1120. The van der Waals surface area contributed by atoms with Gasteiger partial charge in [-0.1, -0.05) is 30.8 Å². The quantitative estimate of drug-likeness (QED) is 0.335. The van der Waals surface area contributed by atoms with Gasteiger partial charge in [0.2, 0.25) is 0 Å². The number of esters is 1. The average Bonchev–Trinajstić information content (AvgIpc) is 3.09. The molecule has 5 nitrogen and oxygen atoms in total. The number of benzene rings is 1. The molecule has 1 aliphatic rings. The summed E-state index contributed by atoms with van der Waals surface area (Å²) in [5.41, 5.74) is 2.93. The highest BCUT2D eigenvalue weighted by Gasteiger charge is 2.24. The summed E-state index contributed by atoms with van der Waals surface area (Å²) in [6, 6.07) is 7.36.